The number of oxime groups is 1. The first-order valence-electron chi connectivity index (χ1n) is 7.46. The van der Waals surface area contributed by atoms with E-state index < -0.39 is 0 Å². The van der Waals surface area contributed by atoms with Gasteiger partial charge in [0.25, 0.3) is 0 Å². The average molecular weight is 402 g/mol. The largest absolute Gasteiger partial charge is 0.508 e. The summed E-state index contributed by atoms with van der Waals surface area (Å²) in [6.45, 7) is 3.65. The van der Waals surface area contributed by atoms with Gasteiger partial charge in [0.1, 0.15) is 11.5 Å². The minimum absolute atomic E-state index is 0.0173. The molecule has 0 unspecified atom stereocenters. The third-order valence-corrected chi connectivity index (χ3v) is 4.41. The van der Waals surface area contributed by atoms with Gasteiger partial charge in [-0.25, -0.2) is 0 Å². The van der Waals surface area contributed by atoms with Crippen LogP contribution in [0.4, 0.5) is 0 Å². The minimum atomic E-state index is -0.0173. The maximum Gasteiger partial charge on any atom is 0.170 e. The highest BCUT2D eigenvalue weighted by atomic mass is 79.9. The van der Waals surface area contributed by atoms with Gasteiger partial charge in [0, 0.05) is 21.2 Å². The Kier molecular flexibility index (Phi) is 4.50. The molecule has 0 aliphatic carbocycles. The number of aromatic nitrogens is 1. The Bertz CT molecular complexity index is 943. The minimum Gasteiger partial charge on any atom is -0.508 e. The fourth-order valence-electron chi connectivity index (χ4n) is 2.84. The van der Waals surface area contributed by atoms with Gasteiger partial charge in [-0.3, -0.25) is 0 Å². The fourth-order valence-corrected chi connectivity index (χ4v) is 3.30. The second kappa shape index (κ2) is 6.60. The van der Waals surface area contributed by atoms with Crippen molar-refractivity contribution in [3.8, 4) is 28.0 Å². The van der Waals surface area contributed by atoms with Crippen LogP contribution < -0.4 is 5.73 Å². The van der Waals surface area contributed by atoms with Crippen molar-refractivity contribution in [3.63, 3.8) is 0 Å². The Morgan fingerprint density at radius 1 is 1.16 bits per heavy atom. The summed E-state index contributed by atoms with van der Waals surface area (Å²) in [5.41, 5.74) is 10.4. The first-order valence-corrected chi connectivity index (χ1v) is 8.25. The highest BCUT2D eigenvalue weighted by Crippen LogP contribution is 2.40. The molecular weight excluding hydrogens is 386 g/mol. The zero-order valence-corrected chi connectivity index (χ0v) is 15.2. The second-order valence-corrected chi connectivity index (χ2v) is 6.52. The van der Waals surface area contributed by atoms with Crippen LogP contribution in [0.3, 0.4) is 0 Å². The van der Waals surface area contributed by atoms with Crippen LogP contribution in [0, 0.1) is 13.8 Å². The number of phenolic OH excluding ortho intramolecular Hbond substituents is 1. The Morgan fingerprint density at radius 2 is 1.84 bits per heavy atom. The number of nitrogens with two attached hydrogens (primary N) is 1. The smallest absolute Gasteiger partial charge is 0.170 e. The van der Waals surface area contributed by atoms with Crippen LogP contribution in [-0.4, -0.2) is 21.3 Å². The Labute approximate surface area is 152 Å². The quantitative estimate of drug-likeness (QED) is 0.264. The summed E-state index contributed by atoms with van der Waals surface area (Å²) < 4.78 is 6.08. The lowest BCUT2D eigenvalue weighted by Gasteiger charge is -2.16. The summed E-state index contributed by atoms with van der Waals surface area (Å²) in [6.07, 6.45) is 0. The number of rotatable bonds is 3. The van der Waals surface area contributed by atoms with E-state index in [1.165, 1.54) is 0 Å². The molecule has 0 aliphatic heterocycles. The topological polar surface area (TPSA) is 105 Å². The number of phenols is 1. The van der Waals surface area contributed by atoms with E-state index >= 15 is 0 Å². The Morgan fingerprint density at radius 3 is 2.40 bits per heavy atom. The monoisotopic (exact) mass is 401 g/mol. The number of hydrogen-bond acceptors (Lipinski definition) is 5. The van der Waals surface area contributed by atoms with Gasteiger partial charge >= 0.3 is 0 Å². The molecular formula is C18H16BrN3O3. The normalized spacial score (nSPS) is 11.7. The van der Waals surface area contributed by atoms with E-state index in [4.69, 9.17) is 10.3 Å². The predicted octanol–water partition coefficient (Wildman–Crippen LogP) is 4.19. The van der Waals surface area contributed by atoms with Crippen molar-refractivity contribution in [2.24, 2.45) is 10.9 Å². The molecule has 1 aromatic heterocycles. The van der Waals surface area contributed by atoms with Crippen LogP contribution in [0.1, 0.15) is 17.0 Å². The van der Waals surface area contributed by atoms with Gasteiger partial charge in [-0.15, -0.1) is 0 Å². The third kappa shape index (κ3) is 3.10. The van der Waals surface area contributed by atoms with Crippen molar-refractivity contribution in [1.29, 1.82) is 0 Å². The standard InChI is InChI=1S/C18H16BrN3O3/c1-9-16(10(2)25-22-9)17-14(11-3-5-13(23)6-4-11)7-12(19)8-15(17)18(20)21-24/h3-8,23-24H,1-2H3,(H2,20,21). The summed E-state index contributed by atoms with van der Waals surface area (Å²) in [7, 11) is 0. The van der Waals surface area contributed by atoms with Gasteiger partial charge in [0.2, 0.25) is 0 Å². The molecule has 2 aromatic carbocycles. The molecule has 128 valence electrons. The number of amidine groups is 1. The van der Waals surface area contributed by atoms with Crippen molar-refractivity contribution >= 4 is 21.8 Å². The maximum absolute atomic E-state index is 9.57. The zero-order chi connectivity index (χ0) is 18.1. The van der Waals surface area contributed by atoms with Crippen LogP contribution in [0.2, 0.25) is 0 Å². The molecule has 0 saturated heterocycles. The van der Waals surface area contributed by atoms with Crippen molar-refractivity contribution in [2.45, 2.75) is 13.8 Å². The number of halogens is 1. The lowest BCUT2D eigenvalue weighted by atomic mass is 9.89. The van der Waals surface area contributed by atoms with E-state index in [-0.39, 0.29) is 11.6 Å². The molecule has 25 heavy (non-hydrogen) atoms. The first-order chi connectivity index (χ1) is 11.9. The Hall–Kier alpha value is -2.80. The van der Waals surface area contributed by atoms with E-state index in [0.29, 0.717) is 17.0 Å². The first kappa shape index (κ1) is 17.0. The van der Waals surface area contributed by atoms with Gasteiger partial charge < -0.3 is 20.6 Å². The summed E-state index contributed by atoms with van der Waals surface area (Å²) in [5.74, 6) is 0.789. The molecule has 3 rings (SSSR count). The van der Waals surface area contributed by atoms with E-state index in [1.54, 1.807) is 30.3 Å². The van der Waals surface area contributed by atoms with Crippen molar-refractivity contribution in [3.05, 3.63) is 57.9 Å². The second-order valence-electron chi connectivity index (χ2n) is 5.61. The maximum atomic E-state index is 9.57. The lowest BCUT2D eigenvalue weighted by molar-refractivity contribution is 0.318. The number of nitrogens with zero attached hydrogens (tertiary/aromatic N) is 2. The molecule has 0 fully saturated rings. The van der Waals surface area contributed by atoms with Gasteiger partial charge in [-0.2, -0.15) is 0 Å². The van der Waals surface area contributed by atoms with E-state index in [9.17, 15) is 10.3 Å². The third-order valence-electron chi connectivity index (χ3n) is 3.95. The number of hydrogen-bond donors (Lipinski definition) is 3. The fraction of sp³-hybridized carbons (Fsp3) is 0.111. The predicted molar refractivity (Wildman–Crippen MR) is 98.7 cm³/mol. The van der Waals surface area contributed by atoms with E-state index in [0.717, 1.165) is 26.7 Å². The average Bonchev–Trinajstić information content (AvgIpc) is 2.93. The van der Waals surface area contributed by atoms with Crippen LogP contribution in [0.25, 0.3) is 22.3 Å². The summed E-state index contributed by atoms with van der Waals surface area (Å²) >= 11 is 3.48. The summed E-state index contributed by atoms with van der Waals surface area (Å²) in [5, 5.41) is 26.0. The van der Waals surface area contributed by atoms with Crippen LogP contribution in [0.15, 0.2) is 50.5 Å². The van der Waals surface area contributed by atoms with Gasteiger partial charge in [-0.1, -0.05) is 38.4 Å². The highest BCUT2D eigenvalue weighted by molar-refractivity contribution is 9.10. The molecule has 1 heterocycles. The summed E-state index contributed by atoms with van der Waals surface area (Å²) in [6, 6.07) is 10.5. The molecule has 4 N–H and O–H groups in total. The molecule has 0 spiro atoms. The molecule has 7 heteroatoms. The molecule has 0 saturated carbocycles. The van der Waals surface area contributed by atoms with Crippen molar-refractivity contribution < 1.29 is 14.8 Å². The van der Waals surface area contributed by atoms with Gasteiger partial charge in [0.05, 0.1) is 5.69 Å². The highest BCUT2D eigenvalue weighted by Gasteiger charge is 2.22. The number of aromatic hydroxyl groups is 1. The van der Waals surface area contributed by atoms with Gasteiger partial charge in [-0.05, 0) is 49.2 Å². The van der Waals surface area contributed by atoms with Crippen LogP contribution in [-0.2, 0) is 0 Å². The molecule has 0 bridgehead atoms. The number of benzene rings is 2. The van der Waals surface area contributed by atoms with Crippen LogP contribution in [0.5, 0.6) is 5.75 Å². The number of aryl methyl sites for hydroxylation is 2. The van der Waals surface area contributed by atoms with E-state index in [2.05, 4.69) is 26.2 Å². The lowest BCUT2D eigenvalue weighted by Crippen LogP contribution is -2.15. The van der Waals surface area contributed by atoms with Crippen molar-refractivity contribution in [2.75, 3.05) is 0 Å². The zero-order valence-electron chi connectivity index (χ0n) is 13.6. The molecule has 0 amide bonds. The molecule has 6 nitrogen and oxygen atoms in total. The van der Waals surface area contributed by atoms with E-state index in [1.807, 2.05) is 19.9 Å². The molecule has 0 radical (unpaired) electrons. The van der Waals surface area contributed by atoms with Crippen molar-refractivity contribution in [1.82, 2.24) is 5.16 Å². The Balaban J connectivity index is 2.42. The van der Waals surface area contributed by atoms with Crippen LogP contribution >= 0.6 is 15.9 Å². The molecule has 0 atom stereocenters. The van der Waals surface area contributed by atoms with Gasteiger partial charge in [0.15, 0.2) is 5.84 Å². The summed E-state index contributed by atoms with van der Waals surface area (Å²) in [4.78, 5) is 0. The molecule has 3 aromatic rings. The molecule has 0 aliphatic rings. The SMILES string of the molecule is Cc1noc(C)c1-c1c(/C(N)=N/O)cc(Br)cc1-c1ccc(O)cc1.